The lowest BCUT2D eigenvalue weighted by Crippen LogP contribution is -2.09. The third-order valence-corrected chi connectivity index (χ3v) is 6.11. The number of hydrogen-bond acceptors (Lipinski definition) is 6. The lowest BCUT2D eigenvalue weighted by Gasteiger charge is -2.09. The van der Waals surface area contributed by atoms with Gasteiger partial charge < -0.3 is 9.47 Å². The Kier molecular flexibility index (Phi) is 6.46. The fourth-order valence-corrected chi connectivity index (χ4v) is 4.37. The van der Waals surface area contributed by atoms with Crippen molar-refractivity contribution in [3.63, 3.8) is 0 Å². The maximum atomic E-state index is 14.7. The van der Waals surface area contributed by atoms with Crippen molar-refractivity contribution in [3.8, 4) is 11.5 Å². The number of methoxy groups -OCH3 is 1. The van der Waals surface area contributed by atoms with Gasteiger partial charge in [0.15, 0.2) is 0 Å². The molecule has 4 rings (SSSR count). The molecule has 0 N–H and O–H groups in total. The number of carbonyl (C=O) groups is 2. The van der Waals surface area contributed by atoms with Gasteiger partial charge in [-0.2, -0.15) is 0 Å². The van der Waals surface area contributed by atoms with E-state index in [-0.39, 0.29) is 29.9 Å². The second-order valence-corrected chi connectivity index (χ2v) is 8.52. The Morgan fingerprint density at radius 3 is 2.52 bits per heavy atom. The van der Waals surface area contributed by atoms with Gasteiger partial charge in [0.25, 0.3) is 0 Å². The van der Waals surface area contributed by atoms with Crippen molar-refractivity contribution in [1.82, 2.24) is 4.98 Å². The molecular formula is C25H19F2NO4S. The van der Waals surface area contributed by atoms with Crippen molar-refractivity contribution < 1.29 is 27.8 Å². The van der Waals surface area contributed by atoms with E-state index in [0.29, 0.717) is 26.4 Å². The van der Waals surface area contributed by atoms with Crippen LogP contribution in [0.4, 0.5) is 8.78 Å². The standard InChI is InChI=1S/C25H19F2NO4S/c1-14-3-6-19(26)16(9-14)11-17(29)10-15-4-5-18(12-20(15)27)32-22-7-8-28-21-13-23(25(30)31-2)33-24(21)22/h3-9,12-13H,10-11H2,1-2H3. The summed E-state index contributed by atoms with van der Waals surface area (Å²) < 4.78 is 39.8. The van der Waals surface area contributed by atoms with Crippen molar-refractivity contribution in [2.75, 3.05) is 7.11 Å². The molecule has 0 spiro atoms. The molecule has 2 aromatic heterocycles. The fraction of sp³-hybridized carbons (Fsp3) is 0.160. The second-order valence-electron chi connectivity index (χ2n) is 7.47. The van der Waals surface area contributed by atoms with Crippen LogP contribution in [0.25, 0.3) is 10.2 Å². The Hall–Kier alpha value is -3.65. The van der Waals surface area contributed by atoms with Crippen molar-refractivity contribution in [2.45, 2.75) is 19.8 Å². The third-order valence-electron chi connectivity index (χ3n) is 4.99. The lowest BCUT2D eigenvalue weighted by molar-refractivity contribution is -0.117. The molecule has 0 amide bonds. The molecule has 0 saturated heterocycles. The topological polar surface area (TPSA) is 65.5 Å². The van der Waals surface area contributed by atoms with E-state index < -0.39 is 17.6 Å². The summed E-state index contributed by atoms with van der Waals surface area (Å²) in [6.07, 6.45) is 1.26. The zero-order valence-corrected chi connectivity index (χ0v) is 18.7. The van der Waals surface area contributed by atoms with Gasteiger partial charge in [0, 0.05) is 31.2 Å². The molecule has 0 atom stereocenters. The Balaban J connectivity index is 1.50. The SMILES string of the molecule is COC(=O)c1cc2nccc(Oc3ccc(CC(=O)Cc4cc(C)ccc4F)c(F)c3)c2s1. The Morgan fingerprint density at radius 2 is 1.76 bits per heavy atom. The summed E-state index contributed by atoms with van der Waals surface area (Å²) in [5.74, 6) is -1.18. The minimum absolute atomic E-state index is 0.110. The van der Waals surface area contributed by atoms with Crippen LogP contribution in [0, 0.1) is 18.6 Å². The number of hydrogen-bond donors (Lipinski definition) is 0. The van der Waals surface area contributed by atoms with E-state index in [9.17, 15) is 18.4 Å². The Morgan fingerprint density at radius 1 is 0.970 bits per heavy atom. The largest absolute Gasteiger partial charge is 0.465 e. The number of benzene rings is 2. The first kappa shape index (κ1) is 22.5. The number of ether oxygens (including phenoxy) is 2. The number of nitrogens with zero attached hydrogens (tertiary/aromatic N) is 1. The van der Waals surface area contributed by atoms with Crippen molar-refractivity contribution in [2.24, 2.45) is 0 Å². The molecule has 0 bridgehead atoms. The third kappa shape index (κ3) is 5.06. The van der Waals surface area contributed by atoms with Crippen LogP contribution in [0.2, 0.25) is 0 Å². The van der Waals surface area contributed by atoms with E-state index in [1.807, 2.05) is 6.92 Å². The Labute approximate surface area is 192 Å². The molecule has 0 fully saturated rings. The van der Waals surface area contributed by atoms with Crippen molar-refractivity contribution in [3.05, 3.63) is 87.9 Å². The van der Waals surface area contributed by atoms with Crippen LogP contribution in [0.1, 0.15) is 26.4 Å². The van der Waals surface area contributed by atoms with Crippen LogP contribution in [0.3, 0.4) is 0 Å². The van der Waals surface area contributed by atoms with Crippen molar-refractivity contribution >= 4 is 33.3 Å². The van der Waals surface area contributed by atoms with Crippen LogP contribution in [0.5, 0.6) is 11.5 Å². The quantitative estimate of drug-likeness (QED) is 0.321. The first-order valence-corrected chi connectivity index (χ1v) is 10.9. The average Bonchev–Trinajstić information content (AvgIpc) is 3.23. The number of aromatic nitrogens is 1. The number of ketones is 1. The molecule has 0 unspecified atom stereocenters. The molecule has 2 aromatic carbocycles. The predicted molar refractivity (Wildman–Crippen MR) is 121 cm³/mol. The normalized spacial score (nSPS) is 10.9. The van der Waals surface area contributed by atoms with Gasteiger partial charge in [-0.3, -0.25) is 9.78 Å². The summed E-state index contributed by atoms with van der Waals surface area (Å²) >= 11 is 1.16. The summed E-state index contributed by atoms with van der Waals surface area (Å²) in [6, 6.07) is 12.0. The van der Waals surface area contributed by atoms with E-state index in [1.165, 1.54) is 31.5 Å². The zero-order chi connectivity index (χ0) is 23.5. The van der Waals surface area contributed by atoms with Gasteiger partial charge in [0.1, 0.15) is 33.8 Å². The van der Waals surface area contributed by atoms with E-state index in [4.69, 9.17) is 9.47 Å². The first-order valence-electron chi connectivity index (χ1n) is 10.0. The highest BCUT2D eigenvalue weighted by Crippen LogP contribution is 2.35. The predicted octanol–water partition coefficient (Wildman–Crippen LogP) is 5.82. The molecule has 33 heavy (non-hydrogen) atoms. The van der Waals surface area contributed by atoms with E-state index in [0.717, 1.165) is 16.9 Å². The number of rotatable bonds is 7. The summed E-state index contributed by atoms with van der Waals surface area (Å²) in [5.41, 5.74) is 1.90. The van der Waals surface area contributed by atoms with Crippen LogP contribution in [-0.2, 0) is 22.4 Å². The number of aryl methyl sites for hydroxylation is 1. The maximum absolute atomic E-state index is 14.7. The molecule has 2 heterocycles. The van der Waals surface area contributed by atoms with Gasteiger partial charge in [-0.25, -0.2) is 13.6 Å². The molecule has 4 aromatic rings. The molecule has 168 valence electrons. The monoisotopic (exact) mass is 467 g/mol. The number of esters is 1. The summed E-state index contributed by atoms with van der Waals surface area (Å²) in [4.78, 5) is 28.8. The number of thiophene rings is 1. The summed E-state index contributed by atoms with van der Waals surface area (Å²) in [7, 11) is 1.30. The number of halogens is 2. The minimum atomic E-state index is -0.600. The van der Waals surface area contributed by atoms with Gasteiger partial charge >= 0.3 is 5.97 Å². The fourth-order valence-electron chi connectivity index (χ4n) is 3.38. The summed E-state index contributed by atoms with van der Waals surface area (Å²) in [6.45, 7) is 1.81. The van der Waals surface area contributed by atoms with E-state index in [1.54, 1.807) is 30.3 Å². The van der Waals surface area contributed by atoms with Crippen LogP contribution < -0.4 is 4.74 Å². The highest BCUT2D eigenvalue weighted by Gasteiger charge is 2.16. The van der Waals surface area contributed by atoms with Crippen LogP contribution in [0.15, 0.2) is 54.7 Å². The second kappa shape index (κ2) is 9.46. The van der Waals surface area contributed by atoms with Gasteiger partial charge in [0.05, 0.1) is 17.3 Å². The van der Waals surface area contributed by atoms with E-state index >= 15 is 0 Å². The maximum Gasteiger partial charge on any atom is 0.348 e. The Bertz CT molecular complexity index is 1370. The average molecular weight is 467 g/mol. The van der Waals surface area contributed by atoms with Crippen LogP contribution >= 0.6 is 11.3 Å². The molecule has 0 aliphatic carbocycles. The molecular weight excluding hydrogens is 448 g/mol. The van der Waals surface area contributed by atoms with Gasteiger partial charge in [0.2, 0.25) is 0 Å². The highest BCUT2D eigenvalue weighted by atomic mass is 32.1. The molecule has 0 aliphatic rings. The molecule has 5 nitrogen and oxygen atoms in total. The minimum Gasteiger partial charge on any atom is -0.465 e. The van der Waals surface area contributed by atoms with E-state index in [2.05, 4.69) is 4.98 Å². The molecule has 8 heteroatoms. The number of pyridine rings is 1. The summed E-state index contributed by atoms with van der Waals surface area (Å²) in [5, 5.41) is 0. The van der Waals surface area contributed by atoms with Gasteiger partial charge in [-0.05, 0) is 36.2 Å². The number of fused-ring (bicyclic) bond motifs is 1. The number of carbonyl (C=O) groups excluding carboxylic acids is 2. The zero-order valence-electron chi connectivity index (χ0n) is 17.9. The van der Waals surface area contributed by atoms with Crippen molar-refractivity contribution in [1.29, 1.82) is 0 Å². The molecule has 0 saturated carbocycles. The van der Waals surface area contributed by atoms with Gasteiger partial charge in [-0.15, -0.1) is 11.3 Å². The van der Waals surface area contributed by atoms with Gasteiger partial charge in [-0.1, -0.05) is 23.8 Å². The molecule has 0 radical (unpaired) electrons. The highest BCUT2D eigenvalue weighted by molar-refractivity contribution is 7.21. The van der Waals surface area contributed by atoms with Crippen LogP contribution in [-0.4, -0.2) is 23.8 Å². The smallest absolute Gasteiger partial charge is 0.348 e. The molecule has 0 aliphatic heterocycles. The lowest BCUT2D eigenvalue weighted by atomic mass is 10.0. The first-order chi connectivity index (χ1) is 15.8. The number of Topliss-reactive ketones (excluding diaryl/α,β-unsaturated/α-hetero) is 1.